The maximum absolute atomic E-state index is 13.4. The highest BCUT2D eigenvalue weighted by Gasteiger charge is 2.20. The summed E-state index contributed by atoms with van der Waals surface area (Å²) in [5.41, 5.74) is 0.706. The maximum atomic E-state index is 13.4. The van der Waals surface area contributed by atoms with Gasteiger partial charge < -0.3 is 5.32 Å². The number of rotatable bonds is 5. The molecule has 30 heavy (non-hydrogen) atoms. The molecule has 0 saturated heterocycles. The first-order valence-corrected chi connectivity index (χ1v) is 10.0. The number of carbonyl (C=O) groups is 1. The number of hydrogen-bond donors (Lipinski definition) is 1. The quantitative estimate of drug-likeness (QED) is 0.521. The normalized spacial score (nSPS) is 11.5. The molecule has 0 saturated carbocycles. The van der Waals surface area contributed by atoms with Gasteiger partial charge in [-0.1, -0.05) is 0 Å². The van der Waals surface area contributed by atoms with E-state index in [4.69, 9.17) is 0 Å². The van der Waals surface area contributed by atoms with Gasteiger partial charge in [0.2, 0.25) is 15.6 Å². The summed E-state index contributed by atoms with van der Waals surface area (Å²) in [6.07, 6.45) is 7.25. The van der Waals surface area contributed by atoms with Crippen molar-refractivity contribution in [1.82, 2.24) is 24.7 Å². The minimum atomic E-state index is -4.14. The number of imidazole rings is 1. The molecule has 0 bridgehead atoms. The molecule has 1 N–H and O–H groups in total. The molecule has 1 amide bonds. The summed E-state index contributed by atoms with van der Waals surface area (Å²) < 4.78 is 53.4. The van der Waals surface area contributed by atoms with E-state index in [-0.39, 0.29) is 11.4 Å². The van der Waals surface area contributed by atoms with Crippen molar-refractivity contribution < 1.29 is 22.0 Å². The molecule has 0 aliphatic heterocycles. The van der Waals surface area contributed by atoms with Crippen LogP contribution in [0.25, 0.3) is 5.78 Å². The Morgan fingerprint density at radius 1 is 1.00 bits per heavy atom. The van der Waals surface area contributed by atoms with Gasteiger partial charge in [-0.05, 0) is 24.3 Å². The molecule has 3 aromatic heterocycles. The number of amides is 1. The molecule has 11 heteroatoms. The van der Waals surface area contributed by atoms with Crippen molar-refractivity contribution in [3.63, 3.8) is 0 Å². The SMILES string of the molecule is O=C(NCc1ccc(S(=O)(=O)c2cc(F)cc(F)c2)cn1)c1cnc2nccn2c1. The van der Waals surface area contributed by atoms with Gasteiger partial charge in [-0.2, -0.15) is 0 Å². The zero-order valence-corrected chi connectivity index (χ0v) is 16.0. The number of hydrogen-bond acceptors (Lipinski definition) is 6. The van der Waals surface area contributed by atoms with Crippen molar-refractivity contribution in [2.45, 2.75) is 16.3 Å². The van der Waals surface area contributed by atoms with Gasteiger partial charge in [0.1, 0.15) is 11.6 Å². The number of carbonyl (C=O) groups excluding carboxylic acids is 1. The average molecular weight is 429 g/mol. The van der Waals surface area contributed by atoms with Crippen molar-refractivity contribution in [1.29, 1.82) is 0 Å². The van der Waals surface area contributed by atoms with Crippen LogP contribution in [0.3, 0.4) is 0 Å². The third-order valence-electron chi connectivity index (χ3n) is 4.19. The fourth-order valence-electron chi connectivity index (χ4n) is 2.70. The first kappa shape index (κ1) is 19.6. The molecule has 0 aliphatic rings. The molecule has 4 aromatic rings. The van der Waals surface area contributed by atoms with Crippen molar-refractivity contribution in [2.75, 3.05) is 0 Å². The number of fused-ring (bicyclic) bond motifs is 1. The Morgan fingerprint density at radius 2 is 1.77 bits per heavy atom. The summed E-state index contributed by atoms with van der Waals surface area (Å²) >= 11 is 0. The first-order chi connectivity index (χ1) is 14.3. The smallest absolute Gasteiger partial charge is 0.254 e. The van der Waals surface area contributed by atoms with E-state index >= 15 is 0 Å². The minimum absolute atomic E-state index is 0.0374. The lowest BCUT2D eigenvalue weighted by atomic mass is 10.3. The van der Waals surface area contributed by atoms with E-state index in [9.17, 15) is 22.0 Å². The van der Waals surface area contributed by atoms with Crippen LogP contribution < -0.4 is 5.32 Å². The van der Waals surface area contributed by atoms with Crippen LogP contribution in [0.4, 0.5) is 8.78 Å². The monoisotopic (exact) mass is 429 g/mol. The van der Waals surface area contributed by atoms with E-state index in [2.05, 4.69) is 20.3 Å². The number of pyridine rings is 1. The van der Waals surface area contributed by atoms with E-state index in [0.29, 0.717) is 23.1 Å². The average Bonchev–Trinajstić information content (AvgIpc) is 3.19. The number of benzene rings is 1. The van der Waals surface area contributed by atoms with Gasteiger partial charge in [0, 0.05) is 37.1 Å². The van der Waals surface area contributed by atoms with Gasteiger partial charge in [0.05, 0.1) is 27.6 Å². The summed E-state index contributed by atoms with van der Waals surface area (Å²) in [4.78, 5) is 23.6. The Kier molecular flexibility index (Phi) is 4.96. The zero-order valence-electron chi connectivity index (χ0n) is 15.2. The summed E-state index contributed by atoms with van der Waals surface area (Å²) in [5, 5.41) is 2.65. The second-order valence-electron chi connectivity index (χ2n) is 6.25. The van der Waals surface area contributed by atoms with E-state index in [0.717, 1.165) is 18.3 Å². The number of nitrogens with one attached hydrogen (secondary N) is 1. The van der Waals surface area contributed by atoms with Gasteiger partial charge in [-0.25, -0.2) is 27.2 Å². The second kappa shape index (κ2) is 7.59. The summed E-state index contributed by atoms with van der Waals surface area (Å²) in [6.45, 7) is 0.0374. The van der Waals surface area contributed by atoms with Crippen molar-refractivity contribution >= 4 is 21.5 Å². The van der Waals surface area contributed by atoms with Crippen molar-refractivity contribution in [3.05, 3.63) is 84.2 Å². The highest BCUT2D eigenvalue weighted by Crippen LogP contribution is 2.22. The molecule has 0 fully saturated rings. The molecular weight excluding hydrogens is 416 g/mol. The molecule has 0 aliphatic carbocycles. The summed E-state index contributed by atoms with van der Waals surface area (Å²) in [5.74, 6) is -1.93. The van der Waals surface area contributed by atoms with Gasteiger partial charge in [-0.3, -0.25) is 14.2 Å². The van der Waals surface area contributed by atoms with Crippen LogP contribution in [0.2, 0.25) is 0 Å². The number of nitrogens with zero attached hydrogens (tertiary/aromatic N) is 4. The van der Waals surface area contributed by atoms with Crippen LogP contribution in [-0.2, 0) is 16.4 Å². The molecule has 4 rings (SSSR count). The molecule has 0 radical (unpaired) electrons. The molecular formula is C19H13F2N5O3S. The lowest BCUT2D eigenvalue weighted by Gasteiger charge is -2.07. The van der Waals surface area contributed by atoms with Crippen LogP contribution in [0.1, 0.15) is 16.1 Å². The maximum Gasteiger partial charge on any atom is 0.254 e. The van der Waals surface area contributed by atoms with E-state index in [1.54, 1.807) is 23.0 Å². The van der Waals surface area contributed by atoms with E-state index in [1.807, 2.05) is 0 Å². The highest BCUT2D eigenvalue weighted by molar-refractivity contribution is 7.91. The largest absolute Gasteiger partial charge is 0.346 e. The lowest BCUT2D eigenvalue weighted by Crippen LogP contribution is -2.23. The highest BCUT2D eigenvalue weighted by atomic mass is 32.2. The van der Waals surface area contributed by atoms with E-state index in [1.165, 1.54) is 18.3 Å². The summed E-state index contributed by atoms with van der Waals surface area (Å²) in [7, 11) is -4.14. The first-order valence-electron chi connectivity index (χ1n) is 8.56. The Hall–Kier alpha value is -3.73. The Balaban J connectivity index is 1.47. The molecule has 1 aromatic carbocycles. The Morgan fingerprint density at radius 3 is 2.47 bits per heavy atom. The third kappa shape index (κ3) is 3.87. The topological polar surface area (TPSA) is 106 Å². The van der Waals surface area contributed by atoms with Crippen LogP contribution in [0.15, 0.2) is 71.1 Å². The van der Waals surface area contributed by atoms with Gasteiger partial charge >= 0.3 is 0 Å². The van der Waals surface area contributed by atoms with Crippen LogP contribution in [0.5, 0.6) is 0 Å². The van der Waals surface area contributed by atoms with Crippen molar-refractivity contribution in [3.8, 4) is 0 Å². The molecule has 152 valence electrons. The predicted octanol–water partition coefficient (Wildman–Crippen LogP) is 2.17. The Labute approximate surface area is 169 Å². The van der Waals surface area contributed by atoms with Crippen LogP contribution in [0, 0.1) is 11.6 Å². The van der Waals surface area contributed by atoms with Crippen LogP contribution in [-0.4, -0.2) is 33.7 Å². The van der Waals surface area contributed by atoms with Crippen LogP contribution >= 0.6 is 0 Å². The zero-order chi connectivity index (χ0) is 21.3. The number of halogens is 2. The minimum Gasteiger partial charge on any atom is -0.346 e. The third-order valence-corrected chi connectivity index (χ3v) is 5.91. The fraction of sp³-hybridized carbons (Fsp3) is 0.0526. The summed E-state index contributed by atoms with van der Waals surface area (Å²) in [6, 6.07) is 4.71. The fourth-order valence-corrected chi connectivity index (χ4v) is 3.95. The molecule has 0 atom stereocenters. The van der Waals surface area contributed by atoms with Gasteiger partial charge in [0.15, 0.2) is 0 Å². The Bertz CT molecular complexity index is 1330. The molecule has 3 heterocycles. The molecule has 8 nitrogen and oxygen atoms in total. The second-order valence-corrected chi connectivity index (χ2v) is 8.20. The van der Waals surface area contributed by atoms with Gasteiger partial charge in [-0.15, -0.1) is 0 Å². The molecule has 0 spiro atoms. The predicted molar refractivity (Wildman–Crippen MR) is 100 cm³/mol. The van der Waals surface area contributed by atoms with Gasteiger partial charge in [0.25, 0.3) is 5.91 Å². The lowest BCUT2D eigenvalue weighted by molar-refractivity contribution is 0.0949. The standard InChI is InChI=1S/C19H13F2N5O3S/c20-13-5-14(21)7-17(6-13)30(28,29)16-2-1-15(23-10-16)9-24-18(27)12-8-25-19-22-3-4-26(19)11-12/h1-8,10-11H,9H2,(H,24,27). The number of aromatic nitrogens is 4. The molecule has 0 unspecified atom stereocenters. The van der Waals surface area contributed by atoms with E-state index < -0.39 is 32.3 Å². The number of sulfone groups is 1. The van der Waals surface area contributed by atoms with Crippen molar-refractivity contribution in [2.24, 2.45) is 0 Å².